The highest BCUT2D eigenvalue weighted by Crippen LogP contribution is 2.06. The van der Waals surface area contributed by atoms with Crippen LogP contribution in [0.1, 0.15) is 5.56 Å². The minimum absolute atomic E-state index is 0.561. The Labute approximate surface area is 127 Å². The van der Waals surface area contributed by atoms with Crippen LogP contribution < -0.4 is 0 Å². The summed E-state index contributed by atoms with van der Waals surface area (Å²) in [6, 6.07) is 9.02. The van der Waals surface area contributed by atoms with Gasteiger partial charge >= 0.3 is 5.97 Å². The number of esters is 1. The van der Waals surface area contributed by atoms with Gasteiger partial charge in [-0.2, -0.15) is 0 Å². The molecule has 0 saturated heterocycles. The van der Waals surface area contributed by atoms with E-state index in [1.807, 2.05) is 6.07 Å². The Balaban J connectivity index is 2.41. The molecule has 0 radical (unpaired) electrons. The first-order chi connectivity index (χ1) is 10.5. The fourth-order valence-corrected chi connectivity index (χ4v) is 1.61. The van der Waals surface area contributed by atoms with Gasteiger partial charge in [0.25, 0.3) is 0 Å². The van der Waals surface area contributed by atoms with E-state index >= 15 is 0 Å². The van der Waals surface area contributed by atoms with E-state index < -0.39 is 43.6 Å². The summed E-state index contributed by atoms with van der Waals surface area (Å²) < 4.78 is 4.72. The van der Waals surface area contributed by atoms with Crippen LogP contribution in [-0.2, 0) is 9.53 Å². The summed E-state index contributed by atoms with van der Waals surface area (Å²) in [5, 5.41) is 46.3. The molecule has 4 atom stereocenters. The lowest BCUT2D eigenvalue weighted by molar-refractivity contribution is -0.151. The molecule has 0 heterocycles. The average molecular weight is 312 g/mol. The fraction of sp³-hybridized carbons (Fsp3) is 0.400. The Hall–Kier alpha value is -1.77. The highest BCUT2D eigenvalue weighted by molar-refractivity contribution is 5.87. The van der Waals surface area contributed by atoms with Gasteiger partial charge in [0.1, 0.15) is 31.0 Å². The van der Waals surface area contributed by atoms with Gasteiger partial charge in [0.05, 0.1) is 6.61 Å². The number of rotatable bonds is 8. The maximum atomic E-state index is 11.4. The SMILES string of the molecule is O=C(/C=C/c1ccccc1)OCC(O)C(O)C(O)C(O)CO. The van der Waals surface area contributed by atoms with Crippen molar-refractivity contribution >= 4 is 12.0 Å². The predicted molar refractivity (Wildman–Crippen MR) is 77.5 cm³/mol. The molecule has 0 aliphatic heterocycles. The molecule has 22 heavy (non-hydrogen) atoms. The number of aliphatic hydroxyl groups excluding tert-OH is 5. The van der Waals surface area contributed by atoms with Crippen LogP contribution in [0.25, 0.3) is 6.08 Å². The van der Waals surface area contributed by atoms with Crippen LogP contribution in [0.4, 0.5) is 0 Å². The van der Waals surface area contributed by atoms with Crippen molar-refractivity contribution in [3.63, 3.8) is 0 Å². The van der Waals surface area contributed by atoms with Gasteiger partial charge in [-0.05, 0) is 11.6 Å². The molecule has 0 aliphatic carbocycles. The Kier molecular flexibility index (Phi) is 7.72. The molecule has 0 amide bonds. The molecule has 4 unspecified atom stereocenters. The monoisotopic (exact) mass is 312 g/mol. The lowest BCUT2D eigenvalue weighted by atomic mass is 10.0. The first-order valence-corrected chi connectivity index (χ1v) is 6.68. The smallest absolute Gasteiger partial charge is 0.330 e. The zero-order valence-corrected chi connectivity index (χ0v) is 11.8. The zero-order valence-electron chi connectivity index (χ0n) is 11.8. The maximum absolute atomic E-state index is 11.4. The molecule has 7 heteroatoms. The molecule has 0 saturated carbocycles. The second-order valence-electron chi connectivity index (χ2n) is 4.67. The standard InChI is InChI=1S/C15H20O7/c16-8-11(17)14(20)15(21)12(18)9-22-13(19)7-6-10-4-2-1-3-5-10/h1-7,11-12,14-18,20-21H,8-9H2/b7-6+. The third kappa shape index (κ3) is 5.92. The number of ether oxygens (including phenoxy) is 1. The van der Waals surface area contributed by atoms with Crippen LogP contribution in [0.15, 0.2) is 36.4 Å². The van der Waals surface area contributed by atoms with E-state index in [1.54, 1.807) is 24.3 Å². The van der Waals surface area contributed by atoms with Crippen LogP contribution in [0.5, 0.6) is 0 Å². The minimum atomic E-state index is -1.76. The zero-order chi connectivity index (χ0) is 16.5. The molecule has 122 valence electrons. The topological polar surface area (TPSA) is 127 Å². The summed E-state index contributed by atoms with van der Waals surface area (Å²) >= 11 is 0. The van der Waals surface area contributed by atoms with Crippen molar-refractivity contribution in [2.24, 2.45) is 0 Å². The van der Waals surface area contributed by atoms with E-state index in [0.717, 1.165) is 11.6 Å². The van der Waals surface area contributed by atoms with Crippen molar-refractivity contribution in [2.45, 2.75) is 24.4 Å². The van der Waals surface area contributed by atoms with Crippen molar-refractivity contribution in [2.75, 3.05) is 13.2 Å². The molecule has 0 bridgehead atoms. The Morgan fingerprint density at radius 3 is 2.23 bits per heavy atom. The maximum Gasteiger partial charge on any atom is 0.330 e. The van der Waals surface area contributed by atoms with Gasteiger partial charge in [-0.1, -0.05) is 30.3 Å². The molecule has 0 fully saturated rings. The molecule has 0 aromatic heterocycles. The van der Waals surface area contributed by atoms with Gasteiger partial charge in [-0.25, -0.2) is 4.79 Å². The lowest BCUT2D eigenvalue weighted by Gasteiger charge is -2.25. The third-order valence-corrected chi connectivity index (χ3v) is 2.93. The van der Waals surface area contributed by atoms with Crippen molar-refractivity contribution in [3.05, 3.63) is 42.0 Å². The second kappa shape index (κ2) is 9.29. The number of carbonyl (C=O) groups is 1. The molecule has 5 N–H and O–H groups in total. The van der Waals surface area contributed by atoms with Crippen LogP contribution in [0, 0.1) is 0 Å². The van der Waals surface area contributed by atoms with Crippen LogP contribution >= 0.6 is 0 Å². The molecule has 7 nitrogen and oxygen atoms in total. The molecule has 1 aromatic carbocycles. The normalized spacial score (nSPS) is 17.0. The van der Waals surface area contributed by atoms with Crippen molar-refractivity contribution in [3.8, 4) is 0 Å². The summed E-state index contributed by atoms with van der Waals surface area (Å²) in [5.74, 6) is -0.729. The highest BCUT2D eigenvalue weighted by Gasteiger charge is 2.30. The summed E-state index contributed by atoms with van der Waals surface area (Å²) in [7, 11) is 0. The molecule has 0 spiro atoms. The van der Waals surface area contributed by atoms with E-state index in [-0.39, 0.29) is 0 Å². The quantitative estimate of drug-likeness (QED) is 0.297. The number of hydrogen-bond acceptors (Lipinski definition) is 7. The van der Waals surface area contributed by atoms with Crippen LogP contribution in [-0.4, -0.2) is 69.1 Å². The van der Waals surface area contributed by atoms with E-state index in [2.05, 4.69) is 0 Å². The second-order valence-corrected chi connectivity index (χ2v) is 4.67. The Morgan fingerprint density at radius 1 is 1.05 bits per heavy atom. The van der Waals surface area contributed by atoms with Crippen LogP contribution in [0.2, 0.25) is 0 Å². The summed E-state index contributed by atoms with van der Waals surface area (Å²) in [4.78, 5) is 11.4. The van der Waals surface area contributed by atoms with E-state index in [0.29, 0.717) is 0 Å². The van der Waals surface area contributed by atoms with Gasteiger partial charge in [-0.15, -0.1) is 0 Å². The van der Waals surface area contributed by atoms with Gasteiger partial charge < -0.3 is 30.3 Å². The molecule has 1 rings (SSSR count). The molecular formula is C15H20O7. The summed E-state index contributed by atoms with van der Waals surface area (Å²) in [6.45, 7) is -1.33. The van der Waals surface area contributed by atoms with Gasteiger partial charge in [0.15, 0.2) is 0 Å². The van der Waals surface area contributed by atoms with Crippen molar-refractivity contribution in [1.82, 2.24) is 0 Å². The number of carbonyl (C=O) groups excluding carboxylic acids is 1. The van der Waals surface area contributed by atoms with Gasteiger partial charge in [-0.3, -0.25) is 0 Å². The molecule has 1 aromatic rings. The Bertz CT molecular complexity index is 474. The van der Waals surface area contributed by atoms with E-state index in [4.69, 9.17) is 14.9 Å². The summed E-state index contributed by atoms with van der Waals surface area (Å²) in [6.07, 6.45) is -4.02. The Morgan fingerprint density at radius 2 is 1.64 bits per heavy atom. The van der Waals surface area contributed by atoms with Crippen molar-refractivity contribution in [1.29, 1.82) is 0 Å². The largest absolute Gasteiger partial charge is 0.460 e. The minimum Gasteiger partial charge on any atom is -0.460 e. The number of benzene rings is 1. The average Bonchev–Trinajstić information content (AvgIpc) is 2.56. The van der Waals surface area contributed by atoms with E-state index in [9.17, 15) is 20.1 Å². The number of hydrogen-bond donors (Lipinski definition) is 5. The molecule has 0 aliphatic rings. The fourth-order valence-electron chi connectivity index (χ4n) is 1.61. The lowest BCUT2D eigenvalue weighted by Crippen LogP contribution is -2.47. The first kappa shape index (κ1) is 18.3. The summed E-state index contributed by atoms with van der Waals surface area (Å²) in [5.41, 5.74) is 0.793. The predicted octanol–water partition coefficient (Wildman–Crippen LogP) is -1.32. The van der Waals surface area contributed by atoms with Crippen LogP contribution in [0.3, 0.4) is 0 Å². The van der Waals surface area contributed by atoms with E-state index in [1.165, 1.54) is 6.08 Å². The number of aliphatic hydroxyl groups is 5. The molecular weight excluding hydrogens is 292 g/mol. The van der Waals surface area contributed by atoms with Crippen molar-refractivity contribution < 1.29 is 35.1 Å². The first-order valence-electron chi connectivity index (χ1n) is 6.68. The third-order valence-electron chi connectivity index (χ3n) is 2.93. The van der Waals surface area contributed by atoms with Gasteiger partial charge in [0, 0.05) is 6.08 Å². The highest BCUT2D eigenvalue weighted by atomic mass is 16.5. The van der Waals surface area contributed by atoms with Gasteiger partial charge in [0.2, 0.25) is 0 Å².